The highest BCUT2D eigenvalue weighted by Crippen LogP contribution is 2.44. The van der Waals surface area contributed by atoms with Gasteiger partial charge in [0.05, 0.1) is 18.5 Å². The van der Waals surface area contributed by atoms with Crippen LogP contribution in [0.2, 0.25) is 0 Å². The molecule has 7 heteroatoms. The third kappa shape index (κ3) is 4.91. The lowest BCUT2D eigenvalue weighted by atomic mass is 9.92. The summed E-state index contributed by atoms with van der Waals surface area (Å²) in [6.45, 7) is -0.373. The lowest BCUT2D eigenvalue weighted by Gasteiger charge is -2.31. The minimum Gasteiger partial charge on any atom is -0.480 e. The van der Waals surface area contributed by atoms with Crippen molar-refractivity contribution in [2.24, 2.45) is 0 Å². The molecule has 1 saturated carbocycles. The van der Waals surface area contributed by atoms with Crippen molar-refractivity contribution in [1.29, 1.82) is 0 Å². The average molecular weight is 461 g/mol. The number of carboxylic acid groups (broad SMARTS) is 1. The number of alkyl carbamates (subject to hydrolysis) is 1. The molecule has 0 atom stereocenters. The number of hydrogen-bond donors (Lipinski definition) is 2. The smallest absolute Gasteiger partial charge is 0.407 e. The minimum absolute atomic E-state index is 0.00778. The Labute approximate surface area is 199 Å². The minimum atomic E-state index is -1.13. The number of carbonyl (C=O) groups excluding carboxylic acids is 2. The van der Waals surface area contributed by atoms with Gasteiger partial charge in [-0.2, -0.15) is 0 Å². The van der Waals surface area contributed by atoms with Gasteiger partial charge in [0, 0.05) is 5.92 Å². The fraction of sp³-hybridized carbons (Fsp3) is 0.370. The molecule has 0 bridgehead atoms. The number of benzene rings is 2. The van der Waals surface area contributed by atoms with Crippen LogP contribution in [-0.2, 0) is 14.3 Å². The van der Waals surface area contributed by atoms with Crippen LogP contribution in [0.3, 0.4) is 0 Å². The Kier molecular flexibility index (Phi) is 6.87. The average Bonchev–Trinajstić information content (AvgIpc) is 3.39. The van der Waals surface area contributed by atoms with Crippen LogP contribution in [-0.4, -0.2) is 53.2 Å². The Morgan fingerprint density at radius 1 is 1.06 bits per heavy atom. The fourth-order valence-corrected chi connectivity index (χ4v) is 5.16. The van der Waals surface area contributed by atoms with Crippen LogP contribution in [0.1, 0.15) is 49.1 Å². The SMILES string of the molecule is C#CCN(CC(=O)O)C(=O)CC1(NC(=O)OCC2c3ccccc3-c3ccccc32)CCCC1. The van der Waals surface area contributed by atoms with E-state index in [0.29, 0.717) is 12.8 Å². The molecule has 2 N–H and O–H groups in total. The van der Waals surface area contributed by atoms with E-state index in [2.05, 4.69) is 35.5 Å². The van der Waals surface area contributed by atoms with Gasteiger partial charge < -0.3 is 20.1 Å². The number of nitrogens with zero attached hydrogens (tertiary/aromatic N) is 1. The van der Waals surface area contributed by atoms with Crippen LogP contribution < -0.4 is 5.32 Å². The Bertz CT molecular complexity index is 1080. The van der Waals surface area contributed by atoms with Gasteiger partial charge in [0.2, 0.25) is 5.91 Å². The molecule has 2 aromatic rings. The molecule has 34 heavy (non-hydrogen) atoms. The van der Waals surface area contributed by atoms with E-state index in [9.17, 15) is 14.4 Å². The van der Waals surface area contributed by atoms with Gasteiger partial charge in [0.15, 0.2) is 0 Å². The van der Waals surface area contributed by atoms with Gasteiger partial charge in [-0.15, -0.1) is 6.42 Å². The van der Waals surface area contributed by atoms with Gasteiger partial charge in [0.25, 0.3) is 0 Å². The molecule has 2 amide bonds. The molecule has 7 nitrogen and oxygen atoms in total. The van der Waals surface area contributed by atoms with E-state index in [1.165, 1.54) is 0 Å². The number of terminal acetylenes is 1. The van der Waals surface area contributed by atoms with E-state index < -0.39 is 24.1 Å². The Morgan fingerprint density at radius 3 is 2.21 bits per heavy atom. The van der Waals surface area contributed by atoms with Gasteiger partial charge in [-0.3, -0.25) is 9.59 Å². The molecule has 2 aliphatic rings. The van der Waals surface area contributed by atoms with Gasteiger partial charge in [0.1, 0.15) is 13.2 Å². The maximum Gasteiger partial charge on any atom is 0.407 e. The first-order valence-corrected chi connectivity index (χ1v) is 11.5. The first-order chi connectivity index (χ1) is 16.4. The summed E-state index contributed by atoms with van der Waals surface area (Å²) in [5.41, 5.74) is 3.79. The highest BCUT2D eigenvalue weighted by Gasteiger charge is 2.39. The number of aliphatic carboxylic acids is 1. The van der Waals surface area contributed by atoms with E-state index in [1.807, 2.05) is 24.3 Å². The molecule has 0 saturated heterocycles. The highest BCUT2D eigenvalue weighted by molar-refractivity contribution is 5.83. The number of rotatable bonds is 8. The summed E-state index contributed by atoms with van der Waals surface area (Å²) < 4.78 is 5.68. The zero-order valence-electron chi connectivity index (χ0n) is 19.0. The quantitative estimate of drug-likeness (QED) is 0.585. The zero-order chi connectivity index (χ0) is 24.1. The molecule has 0 heterocycles. The van der Waals surface area contributed by atoms with Gasteiger partial charge in [-0.05, 0) is 35.1 Å². The molecule has 0 radical (unpaired) electrons. The van der Waals surface area contributed by atoms with Crippen LogP contribution in [0.5, 0.6) is 0 Å². The van der Waals surface area contributed by atoms with Crippen LogP contribution in [0.15, 0.2) is 48.5 Å². The summed E-state index contributed by atoms with van der Waals surface area (Å²) in [6.07, 6.45) is 7.71. The van der Waals surface area contributed by atoms with Crippen molar-refractivity contribution in [2.45, 2.75) is 43.6 Å². The third-order valence-electron chi connectivity index (χ3n) is 6.72. The predicted molar refractivity (Wildman–Crippen MR) is 127 cm³/mol. The maximum atomic E-state index is 12.9. The number of carbonyl (C=O) groups is 3. The third-order valence-corrected chi connectivity index (χ3v) is 6.72. The maximum absolute atomic E-state index is 12.9. The predicted octanol–water partition coefficient (Wildman–Crippen LogP) is 3.77. The lowest BCUT2D eigenvalue weighted by molar-refractivity contribution is -0.144. The van der Waals surface area contributed by atoms with Crippen molar-refractivity contribution < 1.29 is 24.2 Å². The normalized spacial score (nSPS) is 15.6. The van der Waals surface area contributed by atoms with Gasteiger partial charge in [-0.1, -0.05) is 67.3 Å². The molecule has 2 aliphatic carbocycles. The summed E-state index contributed by atoms with van der Waals surface area (Å²) in [4.78, 5) is 37.9. The molecule has 4 rings (SSSR count). The topological polar surface area (TPSA) is 95.9 Å². The Balaban J connectivity index is 1.43. The van der Waals surface area contributed by atoms with Crippen molar-refractivity contribution in [3.63, 3.8) is 0 Å². The molecular formula is C27H28N2O5. The van der Waals surface area contributed by atoms with Crippen LogP contribution in [0.4, 0.5) is 4.79 Å². The summed E-state index contributed by atoms with van der Waals surface area (Å²) in [6, 6.07) is 16.2. The molecule has 0 spiro atoms. The number of nitrogens with one attached hydrogen (secondary N) is 1. The fourth-order valence-electron chi connectivity index (χ4n) is 5.16. The number of hydrogen-bond acceptors (Lipinski definition) is 4. The van der Waals surface area contributed by atoms with Crippen molar-refractivity contribution in [3.8, 4) is 23.5 Å². The van der Waals surface area contributed by atoms with Crippen LogP contribution in [0, 0.1) is 12.3 Å². The molecule has 0 aromatic heterocycles. The molecule has 1 fully saturated rings. The summed E-state index contributed by atoms with van der Waals surface area (Å²) in [5, 5.41) is 12.0. The van der Waals surface area contributed by atoms with Crippen LogP contribution >= 0.6 is 0 Å². The largest absolute Gasteiger partial charge is 0.480 e. The van der Waals surface area contributed by atoms with Gasteiger partial charge in [-0.25, -0.2) is 4.79 Å². The molecule has 0 unspecified atom stereocenters. The van der Waals surface area contributed by atoms with Crippen molar-refractivity contribution in [1.82, 2.24) is 10.2 Å². The second kappa shape index (κ2) is 10.0. The summed E-state index contributed by atoms with van der Waals surface area (Å²) in [5.74, 6) is 0.756. The Morgan fingerprint density at radius 2 is 1.65 bits per heavy atom. The number of fused-ring (bicyclic) bond motifs is 3. The highest BCUT2D eigenvalue weighted by atomic mass is 16.5. The first-order valence-electron chi connectivity index (χ1n) is 11.5. The molecule has 0 aliphatic heterocycles. The van der Waals surface area contributed by atoms with E-state index in [4.69, 9.17) is 16.3 Å². The summed E-state index contributed by atoms with van der Waals surface area (Å²) >= 11 is 0. The zero-order valence-corrected chi connectivity index (χ0v) is 19.0. The van der Waals surface area contributed by atoms with E-state index in [1.54, 1.807) is 0 Å². The van der Waals surface area contributed by atoms with E-state index >= 15 is 0 Å². The number of amides is 2. The van der Waals surface area contributed by atoms with Crippen molar-refractivity contribution in [3.05, 3.63) is 59.7 Å². The number of ether oxygens (including phenoxy) is 1. The van der Waals surface area contributed by atoms with Gasteiger partial charge >= 0.3 is 12.1 Å². The van der Waals surface area contributed by atoms with E-state index in [0.717, 1.165) is 40.0 Å². The van der Waals surface area contributed by atoms with Crippen molar-refractivity contribution in [2.75, 3.05) is 19.7 Å². The second-order valence-corrected chi connectivity index (χ2v) is 8.96. The van der Waals surface area contributed by atoms with E-state index in [-0.39, 0.29) is 31.4 Å². The monoisotopic (exact) mass is 460 g/mol. The lowest BCUT2D eigenvalue weighted by Crippen LogP contribution is -2.51. The second-order valence-electron chi connectivity index (χ2n) is 8.96. The molecular weight excluding hydrogens is 432 g/mol. The first kappa shape index (κ1) is 23.4. The summed E-state index contributed by atoms with van der Waals surface area (Å²) in [7, 11) is 0. The van der Waals surface area contributed by atoms with Crippen molar-refractivity contribution >= 4 is 18.0 Å². The standard InChI is InChI=1S/C27H28N2O5/c1-2-15-29(17-25(31)32)24(30)16-27(13-7-8-14-27)28-26(33)34-18-23-21-11-5-3-9-19(21)20-10-4-6-12-22(20)23/h1,3-6,9-12,23H,7-8,13-18H2,(H,28,33)(H,31,32). The van der Waals surface area contributed by atoms with Crippen LogP contribution in [0.25, 0.3) is 11.1 Å². The molecule has 176 valence electrons. The Hall–Kier alpha value is -3.79. The molecule has 2 aromatic carbocycles. The number of carboxylic acids is 1.